The summed E-state index contributed by atoms with van der Waals surface area (Å²) in [5.74, 6) is 0. The summed E-state index contributed by atoms with van der Waals surface area (Å²) >= 11 is 0. The molecule has 0 fully saturated rings. The maximum atomic E-state index is 12.8. The largest absolute Gasteiger partial charge is 0.551 e. The maximum absolute atomic E-state index is 12.8. The number of halogens is 2. The highest BCUT2D eigenvalue weighted by Crippen LogP contribution is 2.51. The lowest BCUT2D eigenvalue weighted by Crippen LogP contribution is -2.43. The highest BCUT2D eigenvalue weighted by atomic mass is 31.2. The second-order valence-corrected chi connectivity index (χ2v) is 7.03. The van der Waals surface area contributed by atoms with E-state index in [9.17, 15) is 13.0 Å². The summed E-state index contributed by atoms with van der Waals surface area (Å²) in [6, 6.07) is 0. The van der Waals surface area contributed by atoms with Gasteiger partial charge in [0.25, 0.3) is 0 Å². The third-order valence-corrected chi connectivity index (χ3v) is 3.90. The fraction of sp³-hybridized carbons (Fsp3) is 0.647. The molecule has 0 amide bonds. The van der Waals surface area contributed by atoms with Crippen LogP contribution in [0.15, 0.2) is 38.0 Å². The van der Waals surface area contributed by atoms with E-state index in [2.05, 4.69) is 24.3 Å². The second-order valence-electron chi connectivity index (χ2n) is 5.94. The lowest BCUT2D eigenvalue weighted by atomic mass is 9.92. The molecule has 0 N–H and O–H groups in total. The fourth-order valence-electron chi connectivity index (χ4n) is 1.59. The molecule has 25 heavy (non-hydrogen) atoms. The SMILES string of the molecule is C=CC(C)OCC(COC(C)C=C)(COC(C)C=C)COP(=O)(F)F. The Hall–Kier alpha value is -0.850. The van der Waals surface area contributed by atoms with Gasteiger partial charge in [-0.1, -0.05) is 18.2 Å². The summed E-state index contributed by atoms with van der Waals surface area (Å²) in [7, 11) is -5.65. The lowest BCUT2D eigenvalue weighted by molar-refractivity contribution is -0.108. The Balaban J connectivity index is 5.31. The lowest BCUT2D eigenvalue weighted by Gasteiger charge is -2.34. The molecular formula is C17H29F2O5P. The zero-order valence-electron chi connectivity index (χ0n) is 15.2. The van der Waals surface area contributed by atoms with Crippen molar-refractivity contribution >= 4 is 7.99 Å². The van der Waals surface area contributed by atoms with E-state index in [4.69, 9.17) is 14.2 Å². The molecule has 0 bridgehead atoms. The van der Waals surface area contributed by atoms with Gasteiger partial charge in [-0.3, -0.25) is 4.52 Å². The molecule has 0 saturated heterocycles. The zero-order chi connectivity index (χ0) is 19.5. The molecule has 0 heterocycles. The molecule has 8 heteroatoms. The van der Waals surface area contributed by atoms with E-state index in [0.717, 1.165) is 0 Å². The van der Waals surface area contributed by atoms with Crippen LogP contribution in [0.25, 0.3) is 0 Å². The highest BCUT2D eigenvalue weighted by molar-refractivity contribution is 7.47. The topological polar surface area (TPSA) is 54.0 Å². The van der Waals surface area contributed by atoms with Gasteiger partial charge in [0, 0.05) is 0 Å². The van der Waals surface area contributed by atoms with Crippen molar-refractivity contribution in [3.05, 3.63) is 38.0 Å². The Morgan fingerprint density at radius 2 is 1.16 bits per heavy atom. The van der Waals surface area contributed by atoms with Gasteiger partial charge in [-0.25, -0.2) is 4.57 Å². The minimum Gasteiger partial charge on any atom is -0.374 e. The van der Waals surface area contributed by atoms with Gasteiger partial charge >= 0.3 is 7.99 Å². The smallest absolute Gasteiger partial charge is 0.374 e. The summed E-state index contributed by atoms with van der Waals surface area (Å²) in [5.41, 5.74) is -1.08. The predicted octanol–water partition coefficient (Wildman–Crippen LogP) is 4.81. The van der Waals surface area contributed by atoms with Gasteiger partial charge in [0.05, 0.1) is 50.2 Å². The van der Waals surface area contributed by atoms with E-state index in [1.54, 1.807) is 39.0 Å². The summed E-state index contributed by atoms with van der Waals surface area (Å²) in [4.78, 5) is 0. The van der Waals surface area contributed by atoms with Crippen LogP contribution in [-0.4, -0.2) is 44.7 Å². The number of rotatable bonds is 15. The zero-order valence-corrected chi connectivity index (χ0v) is 16.1. The molecule has 0 aliphatic heterocycles. The van der Waals surface area contributed by atoms with Gasteiger partial charge in [0.2, 0.25) is 0 Å². The Kier molecular flexibility index (Phi) is 11.3. The average molecular weight is 382 g/mol. The number of hydrogen-bond donors (Lipinski definition) is 0. The van der Waals surface area contributed by atoms with Gasteiger partial charge in [-0.05, 0) is 20.8 Å². The molecule has 0 aliphatic carbocycles. The van der Waals surface area contributed by atoms with Crippen molar-refractivity contribution < 1.29 is 31.7 Å². The van der Waals surface area contributed by atoms with Crippen LogP contribution in [0, 0.1) is 5.41 Å². The Morgan fingerprint density at radius 1 is 0.840 bits per heavy atom. The molecule has 3 atom stereocenters. The molecule has 0 aromatic carbocycles. The van der Waals surface area contributed by atoms with E-state index in [1.165, 1.54) is 0 Å². The van der Waals surface area contributed by atoms with Crippen molar-refractivity contribution in [1.29, 1.82) is 0 Å². The molecule has 0 aromatic rings. The Labute approximate surface area is 149 Å². The summed E-state index contributed by atoms with van der Waals surface area (Å²) in [5, 5.41) is 0. The molecule has 0 spiro atoms. The van der Waals surface area contributed by atoms with Crippen molar-refractivity contribution in [1.82, 2.24) is 0 Å². The van der Waals surface area contributed by atoms with Crippen LogP contribution in [0.4, 0.5) is 8.39 Å². The first kappa shape index (κ1) is 24.1. The van der Waals surface area contributed by atoms with E-state index >= 15 is 0 Å². The van der Waals surface area contributed by atoms with Crippen LogP contribution in [0.5, 0.6) is 0 Å². The van der Waals surface area contributed by atoms with E-state index in [1.807, 2.05) is 0 Å². The van der Waals surface area contributed by atoms with Crippen molar-refractivity contribution in [3.8, 4) is 0 Å². The molecule has 0 rings (SSSR count). The van der Waals surface area contributed by atoms with Crippen molar-refractivity contribution in [3.63, 3.8) is 0 Å². The standard InChI is InChI=1S/C17H29F2O5P/c1-7-14(4)21-10-17(11-22-15(5)8-2,12-23-16(6)9-3)13-24-25(18,19)20/h7-9,14-16H,1-3,10-13H2,4-6H3. The first-order valence-corrected chi connectivity index (χ1v) is 9.34. The van der Waals surface area contributed by atoms with Crippen molar-refractivity contribution in [2.45, 2.75) is 39.1 Å². The van der Waals surface area contributed by atoms with Gasteiger partial charge < -0.3 is 14.2 Å². The van der Waals surface area contributed by atoms with E-state index < -0.39 is 20.0 Å². The quantitative estimate of drug-likeness (QED) is 0.301. The van der Waals surface area contributed by atoms with Crippen LogP contribution in [0.2, 0.25) is 0 Å². The molecule has 0 radical (unpaired) electrons. The van der Waals surface area contributed by atoms with Crippen LogP contribution in [0.3, 0.4) is 0 Å². The van der Waals surface area contributed by atoms with Gasteiger partial charge in [-0.15, -0.1) is 28.1 Å². The number of ether oxygens (including phenoxy) is 3. The molecule has 0 saturated carbocycles. The minimum absolute atomic E-state index is 0.00604. The summed E-state index contributed by atoms with van der Waals surface area (Å²) in [6.45, 7) is 15.5. The minimum atomic E-state index is -5.65. The highest BCUT2D eigenvalue weighted by Gasteiger charge is 2.37. The monoisotopic (exact) mass is 382 g/mol. The molecule has 0 aromatic heterocycles. The maximum Gasteiger partial charge on any atom is 0.551 e. The van der Waals surface area contributed by atoms with Crippen molar-refractivity contribution in [2.24, 2.45) is 5.41 Å². The van der Waals surface area contributed by atoms with Gasteiger partial charge in [-0.2, -0.15) is 0 Å². The van der Waals surface area contributed by atoms with Gasteiger partial charge in [0.15, 0.2) is 0 Å². The molecular weight excluding hydrogens is 353 g/mol. The molecule has 5 nitrogen and oxygen atoms in total. The first-order chi connectivity index (χ1) is 11.6. The molecule has 3 unspecified atom stereocenters. The van der Waals surface area contributed by atoms with Gasteiger partial charge in [0.1, 0.15) is 0 Å². The Bertz CT molecular complexity index is 420. The van der Waals surface area contributed by atoms with Crippen LogP contribution < -0.4 is 0 Å². The average Bonchev–Trinajstić information content (AvgIpc) is 2.58. The van der Waals surface area contributed by atoms with Crippen LogP contribution in [0.1, 0.15) is 20.8 Å². The predicted molar refractivity (Wildman–Crippen MR) is 95.0 cm³/mol. The van der Waals surface area contributed by atoms with E-state index in [-0.39, 0.29) is 38.1 Å². The number of hydrogen-bond acceptors (Lipinski definition) is 5. The third-order valence-electron chi connectivity index (χ3n) is 3.47. The molecule has 0 aliphatic rings. The van der Waals surface area contributed by atoms with Crippen LogP contribution in [-0.2, 0) is 23.3 Å². The normalized spacial score (nSPS) is 18.0. The third kappa shape index (κ3) is 11.4. The van der Waals surface area contributed by atoms with Crippen molar-refractivity contribution in [2.75, 3.05) is 26.4 Å². The fourth-order valence-corrected chi connectivity index (χ4v) is 2.02. The molecule has 146 valence electrons. The van der Waals surface area contributed by atoms with Crippen LogP contribution >= 0.6 is 7.99 Å². The summed E-state index contributed by atoms with van der Waals surface area (Å²) < 4.78 is 57.5. The second kappa shape index (κ2) is 11.7. The Morgan fingerprint density at radius 3 is 1.40 bits per heavy atom. The first-order valence-electron chi connectivity index (χ1n) is 7.94. The van der Waals surface area contributed by atoms with E-state index in [0.29, 0.717) is 0 Å². The summed E-state index contributed by atoms with van der Waals surface area (Å²) in [6.07, 6.45) is 3.78.